The van der Waals surface area contributed by atoms with Crippen LogP contribution in [0.3, 0.4) is 0 Å². The summed E-state index contributed by atoms with van der Waals surface area (Å²) in [6.45, 7) is 4.92. The number of nitrogens with zero attached hydrogens (tertiary/aromatic N) is 1. The molecule has 0 saturated carbocycles. The molecule has 2 rings (SSSR count). The lowest BCUT2D eigenvalue weighted by atomic mass is 9.98. The van der Waals surface area contributed by atoms with Gasteiger partial charge in [0.2, 0.25) is 5.91 Å². The molecule has 1 aliphatic rings. The van der Waals surface area contributed by atoms with Crippen molar-refractivity contribution in [3.8, 4) is 0 Å². The van der Waals surface area contributed by atoms with E-state index in [1.165, 1.54) is 10.5 Å². The minimum Gasteiger partial charge on any atom is -0.356 e. The standard InChI is InChI=1S/C17H26N2OS/c1-14-6-8-16(9-7-14)21-12-4-10-18-17(20)15-5-3-11-19(2)13-15/h6-9,15H,3-5,10-13H2,1-2H3,(H,18,20). The second kappa shape index (κ2) is 8.44. The Bertz CT molecular complexity index is 447. The van der Waals surface area contributed by atoms with Gasteiger partial charge in [-0.15, -0.1) is 11.8 Å². The summed E-state index contributed by atoms with van der Waals surface area (Å²) < 4.78 is 0. The number of carbonyl (C=O) groups is 1. The first kappa shape index (κ1) is 16.4. The van der Waals surface area contributed by atoms with Gasteiger partial charge in [0.05, 0.1) is 5.92 Å². The number of benzene rings is 1. The molecule has 1 unspecified atom stereocenters. The fourth-order valence-electron chi connectivity index (χ4n) is 2.63. The maximum absolute atomic E-state index is 12.1. The van der Waals surface area contributed by atoms with Crippen molar-refractivity contribution in [2.45, 2.75) is 31.1 Å². The molecule has 1 aliphatic heterocycles. The Morgan fingerprint density at radius 3 is 2.86 bits per heavy atom. The molecule has 3 nitrogen and oxygen atoms in total. The average molecular weight is 306 g/mol. The highest BCUT2D eigenvalue weighted by molar-refractivity contribution is 7.99. The molecule has 1 aromatic rings. The number of carbonyl (C=O) groups excluding carboxylic acids is 1. The van der Waals surface area contributed by atoms with Crippen molar-refractivity contribution in [2.75, 3.05) is 32.4 Å². The van der Waals surface area contributed by atoms with Gasteiger partial charge in [-0.05, 0) is 57.7 Å². The molecule has 1 N–H and O–H groups in total. The van der Waals surface area contributed by atoms with E-state index in [-0.39, 0.29) is 11.8 Å². The highest BCUT2D eigenvalue weighted by Crippen LogP contribution is 2.19. The Kier molecular flexibility index (Phi) is 6.58. The summed E-state index contributed by atoms with van der Waals surface area (Å²) in [5.74, 6) is 1.48. The smallest absolute Gasteiger partial charge is 0.224 e. The van der Waals surface area contributed by atoms with Crippen molar-refractivity contribution in [1.82, 2.24) is 10.2 Å². The van der Waals surface area contributed by atoms with Gasteiger partial charge in [-0.25, -0.2) is 0 Å². The summed E-state index contributed by atoms with van der Waals surface area (Å²) in [7, 11) is 2.09. The van der Waals surface area contributed by atoms with Crippen LogP contribution in [0.25, 0.3) is 0 Å². The fourth-order valence-corrected chi connectivity index (χ4v) is 3.49. The van der Waals surface area contributed by atoms with E-state index in [4.69, 9.17) is 0 Å². The zero-order valence-electron chi connectivity index (χ0n) is 13.1. The van der Waals surface area contributed by atoms with Crippen LogP contribution in [0.4, 0.5) is 0 Å². The molecule has 1 saturated heterocycles. The topological polar surface area (TPSA) is 32.3 Å². The Hall–Kier alpha value is -1.00. The van der Waals surface area contributed by atoms with E-state index >= 15 is 0 Å². The molecule has 21 heavy (non-hydrogen) atoms. The van der Waals surface area contributed by atoms with Crippen molar-refractivity contribution in [2.24, 2.45) is 5.92 Å². The summed E-state index contributed by atoms with van der Waals surface area (Å²) in [5.41, 5.74) is 1.30. The number of thioether (sulfide) groups is 1. The molecule has 0 spiro atoms. The fraction of sp³-hybridized carbons (Fsp3) is 0.588. The zero-order valence-corrected chi connectivity index (χ0v) is 13.9. The Morgan fingerprint density at radius 1 is 1.38 bits per heavy atom. The molecule has 1 heterocycles. The third kappa shape index (κ3) is 5.71. The van der Waals surface area contributed by atoms with E-state index < -0.39 is 0 Å². The first-order valence-corrected chi connectivity index (χ1v) is 8.79. The van der Waals surface area contributed by atoms with E-state index in [9.17, 15) is 4.79 Å². The molecule has 1 amide bonds. The molecule has 1 aromatic carbocycles. The average Bonchev–Trinajstić information content (AvgIpc) is 2.48. The number of rotatable bonds is 6. The summed E-state index contributed by atoms with van der Waals surface area (Å²) in [5, 5.41) is 3.09. The van der Waals surface area contributed by atoms with Gasteiger partial charge in [-0.2, -0.15) is 0 Å². The van der Waals surface area contributed by atoms with Crippen LogP contribution in [-0.4, -0.2) is 43.2 Å². The van der Waals surface area contributed by atoms with E-state index in [1.54, 1.807) is 0 Å². The molecule has 1 fully saturated rings. The lowest BCUT2D eigenvalue weighted by Gasteiger charge is -2.28. The van der Waals surface area contributed by atoms with Crippen LogP contribution in [0.5, 0.6) is 0 Å². The molecule has 0 bridgehead atoms. The summed E-state index contributed by atoms with van der Waals surface area (Å²) in [6.07, 6.45) is 3.19. The van der Waals surface area contributed by atoms with Crippen molar-refractivity contribution in [3.05, 3.63) is 29.8 Å². The summed E-state index contributed by atoms with van der Waals surface area (Å²) in [6, 6.07) is 8.61. The third-order valence-electron chi connectivity index (χ3n) is 3.91. The molecule has 116 valence electrons. The van der Waals surface area contributed by atoms with Gasteiger partial charge in [-0.3, -0.25) is 4.79 Å². The minimum absolute atomic E-state index is 0.188. The lowest BCUT2D eigenvalue weighted by Crippen LogP contribution is -2.41. The first-order valence-electron chi connectivity index (χ1n) is 7.81. The number of hydrogen-bond acceptors (Lipinski definition) is 3. The number of piperidine rings is 1. The molecular weight excluding hydrogens is 280 g/mol. The van der Waals surface area contributed by atoms with Crippen LogP contribution >= 0.6 is 11.8 Å². The van der Waals surface area contributed by atoms with Crippen LogP contribution in [0, 0.1) is 12.8 Å². The largest absolute Gasteiger partial charge is 0.356 e. The Morgan fingerprint density at radius 2 is 2.14 bits per heavy atom. The van der Waals surface area contributed by atoms with E-state index in [0.29, 0.717) is 0 Å². The minimum atomic E-state index is 0.188. The van der Waals surface area contributed by atoms with E-state index in [1.807, 2.05) is 11.8 Å². The molecular formula is C17H26N2OS. The molecule has 1 atom stereocenters. The van der Waals surface area contributed by atoms with Gasteiger partial charge < -0.3 is 10.2 Å². The summed E-state index contributed by atoms with van der Waals surface area (Å²) >= 11 is 1.86. The molecule has 0 radical (unpaired) electrons. The van der Waals surface area contributed by atoms with Gasteiger partial charge in [0, 0.05) is 18.0 Å². The second-order valence-corrected chi connectivity index (χ2v) is 7.08. The highest BCUT2D eigenvalue weighted by atomic mass is 32.2. The lowest BCUT2D eigenvalue weighted by molar-refractivity contribution is -0.126. The van der Waals surface area contributed by atoms with Gasteiger partial charge in [0.25, 0.3) is 0 Å². The van der Waals surface area contributed by atoms with Gasteiger partial charge in [-0.1, -0.05) is 17.7 Å². The second-order valence-electron chi connectivity index (χ2n) is 5.91. The predicted octanol–water partition coefficient (Wildman–Crippen LogP) is 2.94. The van der Waals surface area contributed by atoms with Crippen molar-refractivity contribution >= 4 is 17.7 Å². The van der Waals surface area contributed by atoms with Crippen molar-refractivity contribution in [3.63, 3.8) is 0 Å². The normalized spacial score (nSPS) is 19.4. The molecule has 0 aliphatic carbocycles. The molecule has 0 aromatic heterocycles. The monoisotopic (exact) mass is 306 g/mol. The number of nitrogens with one attached hydrogen (secondary N) is 1. The van der Waals surface area contributed by atoms with E-state index in [0.717, 1.165) is 44.6 Å². The van der Waals surface area contributed by atoms with Crippen LogP contribution in [0.1, 0.15) is 24.8 Å². The highest BCUT2D eigenvalue weighted by Gasteiger charge is 2.23. The maximum Gasteiger partial charge on any atom is 0.224 e. The summed E-state index contributed by atoms with van der Waals surface area (Å²) in [4.78, 5) is 15.6. The number of amides is 1. The van der Waals surface area contributed by atoms with Crippen LogP contribution in [0.2, 0.25) is 0 Å². The van der Waals surface area contributed by atoms with Gasteiger partial charge in [0.15, 0.2) is 0 Å². The van der Waals surface area contributed by atoms with Crippen LogP contribution < -0.4 is 5.32 Å². The van der Waals surface area contributed by atoms with E-state index in [2.05, 4.69) is 48.5 Å². The van der Waals surface area contributed by atoms with Crippen molar-refractivity contribution in [1.29, 1.82) is 0 Å². The van der Waals surface area contributed by atoms with Crippen molar-refractivity contribution < 1.29 is 4.79 Å². The Balaban J connectivity index is 1.59. The quantitative estimate of drug-likeness (QED) is 0.648. The van der Waals surface area contributed by atoms with Gasteiger partial charge >= 0.3 is 0 Å². The zero-order chi connectivity index (χ0) is 15.1. The number of aryl methyl sites for hydroxylation is 1. The number of likely N-dealkylation sites (tertiary alicyclic amines) is 1. The Labute approximate surface area is 132 Å². The predicted molar refractivity (Wildman–Crippen MR) is 89.8 cm³/mol. The third-order valence-corrected chi connectivity index (χ3v) is 5.00. The SMILES string of the molecule is Cc1ccc(SCCCNC(=O)C2CCCN(C)C2)cc1. The van der Waals surface area contributed by atoms with Crippen LogP contribution in [0.15, 0.2) is 29.2 Å². The number of hydrogen-bond donors (Lipinski definition) is 1. The van der Waals surface area contributed by atoms with Gasteiger partial charge in [0.1, 0.15) is 0 Å². The maximum atomic E-state index is 12.1. The molecule has 4 heteroatoms. The van der Waals surface area contributed by atoms with Crippen LogP contribution in [-0.2, 0) is 4.79 Å². The first-order chi connectivity index (χ1) is 10.1.